The molecule has 0 aliphatic carbocycles. The fourth-order valence-electron chi connectivity index (χ4n) is 3.52. The molecule has 2 aromatic heterocycles. The molecule has 4 heterocycles. The van der Waals surface area contributed by atoms with E-state index >= 15 is 0 Å². The molecule has 0 spiro atoms. The molecule has 10 heteroatoms. The second-order valence-corrected chi connectivity index (χ2v) is 9.03. The van der Waals surface area contributed by atoms with E-state index < -0.39 is 0 Å². The van der Waals surface area contributed by atoms with Gasteiger partial charge in [-0.05, 0) is 24.6 Å². The number of amidine groups is 1. The maximum Gasteiger partial charge on any atom is 0.265 e. The highest BCUT2D eigenvalue weighted by Crippen LogP contribution is 2.33. The van der Waals surface area contributed by atoms with Crippen molar-refractivity contribution in [2.24, 2.45) is 4.99 Å². The number of fused-ring (bicyclic) bond motifs is 2. The van der Waals surface area contributed by atoms with Gasteiger partial charge in [-0.3, -0.25) is 19.1 Å². The first-order chi connectivity index (χ1) is 14.1. The number of hydrogen-bond donors (Lipinski definition) is 1. The van der Waals surface area contributed by atoms with E-state index in [0.717, 1.165) is 23.5 Å². The fourth-order valence-corrected chi connectivity index (χ4v) is 5.40. The first kappa shape index (κ1) is 18.4. The van der Waals surface area contributed by atoms with Crippen LogP contribution in [-0.4, -0.2) is 48.5 Å². The van der Waals surface area contributed by atoms with Gasteiger partial charge < -0.3 is 5.32 Å². The lowest BCUT2D eigenvalue weighted by Gasteiger charge is -2.13. The van der Waals surface area contributed by atoms with Crippen LogP contribution >= 0.6 is 23.5 Å². The molecule has 1 unspecified atom stereocenters. The molecule has 1 aromatic carbocycles. The molecule has 1 atom stereocenters. The maximum absolute atomic E-state index is 13.2. The second kappa shape index (κ2) is 7.34. The van der Waals surface area contributed by atoms with E-state index in [9.17, 15) is 9.59 Å². The number of rotatable bonds is 3. The van der Waals surface area contributed by atoms with E-state index in [1.54, 1.807) is 27.2 Å². The first-order valence-electron chi connectivity index (χ1n) is 9.27. The second-order valence-electron chi connectivity index (χ2n) is 6.95. The smallest absolute Gasteiger partial charge is 0.265 e. The van der Waals surface area contributed by atoms with Crippen LogP contribution in [0.5, 0.6) is 0 Å². The molecule has 1 N–H and O–H groups in total. The summed E-state index contributed by atoms with van der Waals surface area (Å²) in [5.74, 6) is 1.41. The molecule has 3 aromatic rings. The molecule has 0 saturated carbocycles. The van der Waals surface area contributed by atoms with Gasteiger partial charge >= 0.3 is 0 Å². The average molecular weight is 427 g/mol. The third kappa shape index (κ3) is 3.36. The summed E-state index contributed by atoms with van der Waals surface area (Å²) >= 11 is 3.04. The fraction of sp³-hybridized carbons (Fsp3) is 0.316. The number of amides is 1. The molecule has 2 aliphatic heterocycles. The zero-order chi connectivity index (χ0) is 20.0. The predicted molar refractivity (Wildman–Crippen MR) is 115 cm³/mol. The van der Waals surface area contributed by atoms with Crippen molar-refractivity contribution in [1.29, 1.82) is 0 Å². The summed E-state index contributed by atoms with van der Waals surface area (Å²) in [5, 5.41) is 8.99. The molecule has 2 aliphatic rings. The minimum absolute atomic E-state index is 0.126. The van der Waals surface area contributed by atoms with Crippen LogP contribution in [0.15, 0.2) is 45.4 Å². The van der Waals surface area contributed by atoms with Crippen LogP contribution in [0, 0.1) is 6.92 Å². The van der Waals surface area contributed by atoms with Gasteiger partial charge in [0.2, 0.25) is 5.91 Å². The molecule has 1 amide bonds. The van der Waals surface area contributed by atoms with Crippen LogP contribution in [0.1, 0.15) is 18.0 Å². The molecule has 0 fully saturated rings. The zero-order valence-corrected chi connectivity index (χ0v) is 17.3. The number of aliphatic imine (C=N–C) groups is 1. The first-order valence-corrected chi connectivity index (χ1v) is 11.2. The number of nitrogens with zero attached hydrogens (tertiary/aromatic N) is 5. The van der Waals surface area contributed by atoms with E-state index in [0.29, 0.717) is 27.1 Å². The molecule has 0 radical (unpaired) electrons. The van der Waals surface area contributed by atoms with E-state index in [1.165, 1.54) is 11.8 Å². The number of aryl methyl sites for hydroxylation is 1. The molecule has 5 rings (SSSR count). The van der Waals surface area contributed by atoms with Crippen LogP contribution in [0.4, 0.5) is 0 Å². The number of hydrogen-bond acceptors (Lipinski definition) is 7. The number of aromatic nitrogens is 4. The summed E-state index contributed by atoms with van der Waals surface area (Å²) in [6, 6.07) is 7.68. The van der Waals surface area contributed by atoms with Gasteiger partial charge in [-0.15, -0.1) is 0 Å². The normalized spacial score (nSPS) is 18.1. The van der Waals surface area contributed by atoms with Gasteiger partial charge in [0.05, 0.1) is 24.5 Å². The highest BCUT2D eigenvalue weighted by Gasteiger charge is 2.30. The molecule has 8 nitrogen and oxygen atoms in total. The average Bonchev–Trinajstić information content (AvgIpc) is 3.42. The molecule has 148 valence electrons. The van der Waals surface area contributed by atoms with Gasteiger partial charge in [-0.25, -0.2) is 9.67 Å². The quantitative estimate of drug-likeness (QED) is 0.645. The van der Waals surface area contributed by atoms with E-state index in [1.807, 2.05) is 31.2 Å². The Morgan fingerprint density at radius 3 is 3.03 bits per heavy atom. The van der Waals surface area contributed by atoms with Crippen LogP contribution in [0.25, 0.3) is 16.7 Å². The summed E-state index contributed by atoms with van der Waals surface area (Å²) in [6.45, 7) is 2.74. The Hall–Kier alpha value is -2.59. The number of thioether (sulfide) groups is 2. The van der Waals surface area contributed by atoms with Crippen molar-refractivity contribution >= 4 is 45.6 Å². The Bertz CT molecular complexity index is 1220. The van der Waals surface area contributed by atoms with E-state index in [4.69, 9.17) is 4.98 Å². The summed E-state index contributed by atoms with van der Waals surface area (Å²) in [7, 11) is 0. The third-order valence-corrected chi connectivity index (χ3v) is 6.86. The van der Waals surface area contributed by atoms with Crippen molar-refractivity contribution in [3.05, 3.63) is 46.4 Å². The number of carbonyl (C=O) groups excluding carboxylic acids is 1. The van der Waals surface area contributed by atoms with Crippen LogP contribution in [0.3, 0.4) is 0 Å². The molecule has 29 heavy (non-hydrogen) atoms. The molecule has 0 saturated heterocycles. The number of carbonyl (C=O) groups is 1. The Morgan fingerprint density at radius 2 is 2.24 bits per heavy atom. The molecule has 0 bridgehead atoms. The van der Waals surface area contributed by atoms with Gasteiger partial charge in [0.25, 0.3) is 5.56 Å². The standard InChI is InChI=1S/C19H18N6O2S2/c1-11-3-2-4-12(7-11)25-16-14(9-21-25)17(27)24-13(10-29-19(24)23-16)8-15(26)22-18-20-5-6-28-18/h2-4,7,9,13H,5-6,8,10H2,1H3,(H,20,22,26). The highest BCUT2D eigenvalue weighted by atomic mass is 32.2. The van der Waals surface area contributed by atoms with Gasteiger partial charge in [0.15, 0.2) is 16.0 Å². The highest BCUT2D eigenvalue weighted by molar-refractivity contribution is 8.14. The maximum atomic E-state index is 13.2. The van der Waals surface area contributed by atoms with Crippen molar-refractivity contribution < 1.29 is 4.79 Å². The van der Waals surface area contributed by atoms with Gasteiger partial charge in [0.1, 0.15) is 5.39 Å². The number of benzene rings is 1. The minimum Gasteiger partial charge on any atom is -0.305 e. The third-order valence-electron chi connectivity index (χ3n) is 4.87. The van der Waals surface area contributed by atoms with Crippen molar-refractivity contribution in [1.82, 2.24) is 24.6 Å². The Balaban J connectivity index is 1.48. The van der Waals surface area contributed by atoms with Crippen LogP contribution < -0.4 is 10.9 Å². The van der Waals surface area contributed by atoms with E-state index in [2.05, 4.69) is 15.4 Å². The van der Waals surface area contributed by atoms with Crippen LogP contribution in [0.2, 0.25) is 0 Å². The largest absolute Gasteiger partial charge is 0.305 e. The van der Waals surface area contributed by atoms with Gasteiger partial charge in [-0.1, -0.05) is 35.7 Å². The van der Waals surface area contributed by atoms with E-state index in [-0.39, 0.29) is 23.9 Å². The van der Waals surface area contributed by atoms with Crippen molar-refractivity contribution in [3.63, 3.8) is 0 Å². The summed E-state index contributed by atoms with van der Waals surface area (Å²) in [6.07, 6.45) is 1.78. The zero-order valence-electron chi connectivity index (χ0n) is 15.7. The Morgan fingerprint density at radius 1 is 1.34 bits per heavy atom. The molecular weight excluding hydrogens is 408 g/mol. The van der Waals surface area contributed by atoms with Crippen LogP contribution in [-0.2, 0) is 4.79 Å². The molecular formula is C19H18N6O2S2. The lowest BCUT2D eigenvalue weighted by Crippen LogP contribution is -2.32. The van der Waals surface area contributed by atoms with Crippen molar-refractivity contribution in [3.8, 4) is 5.69 Å². The summed E-state index contributed by atoms with van der Waals surface area (Å²) in [5.41, 5.74) is 2.36. The van der Waals surface area contributed by atoms with Crippen molar-refractivity contribution in [2.75, 3.05) is 18.1 Å². The lowest BCUT2D eigenvalue weighted by molar-refractivity contribution is -0.120. The van der Waals surface area contributed by atoms with Crippen molar-refractivity contribution in [2.45, 2.75) is 24.5 Å². The predicted octanol–water partition coefficient (Wildman–Crippen LogP) is 2.15. The Kier molecular flexibility index (Phi) is 4.67. The number of nitrogens with one attached hydrogen (secondary N) is 1. The minimum atomic E-state index is -0.228. The summed E-state index contributed by atoms with van der Waals surface area (Å²) < 4.78 is 3.33. The van der Waals surface area contributed by atoms with Gasteiger partial charge in [-0.2, -0.15) is 5.10 Å². The SMILES string of the molecule is Cc1cccc(-n2ncc3c(=O)n4c(nc32)SCC4CC(=O)NC2=NCCS2)c1. The monoisotopic (exact) mass is 426 g/mol. The topological polar surface area (TPSA) is 94.2 Å². The van der Waals surface area contributed by atoms with Gasteiger partial charge in [0, 0.05) is 17.9 Å². The summed E-state index contributed by atoms with van der Waals surface area (Å²) in [4.78, 5) is 34.5. The lowest BCUT2D eigenvalue weighted by atomic mass is 10.2. The Labute approximate surface area is 174 Å².